The molecule has 0 aliphatic carbocycles. The number of rotatable bonds is 4. The van der Waals surface area contributed by atoms with Crippen LogP contribution in [0.3, 0.4) is 0 Å². The van der Waals surface area contributed by atoms with Gasteiger partial charge in [0.2, 0.25) is 0 Å². The van der Waals surface area contributed by atoms with E-state index < -0.39 is 0 Å². The summed E-state index contributed by atoms with van der Waals surface area (Å²) in [4.78, 5) is 11.1. The molecular formula is C12H15BrN2O. The van der Waals surface area contributed by atoms with Crippen molar-refractivity contribution in [1.29, 1.82) is 5.26 Å². The average Bonchev–Trinajstić information content (AvgIpc) is 2.42. The Morgan fingerprint density at radius 3 is 2.75 bits per heavy atom. The van der Waals surface area contributed by atoms with Gasteiger partial charge in [-0.2, -0.15) is 5.26 Å². The van der Waals surface area contributed by atoms with Gasteiger partial charge in [-0.15, -0.1) is 0 Å². The summed E-state index contributed by atoms with van der Waals surface area (Å²) in [5, 5.41) is 8.95. The number of ketones is 1. The SMILES string of the molecule is CC(=O)CC(C)(C)Cn1cc(Br)cc1C#N. The average molecular weight is 283 g/mol. The summed E-state index contributed by atoms with van der Waals surface area (Å²) in [5.74, 6) is 0.176. The van der Waals surface area contributed by atoms with Crippen molar-refractivity contribution in [2.45, 2.75) is 33.7 Å². The molecule has 1 aromatic rings. The number of halogens is 1. The topological polar surface area (TPSA) is 45.8 Å². The molecular weight excluding hydrogens is 268 g/mol. The molecule has 0 radical (unpaired) electrons. The molecule has 0 bridgehead atoms. The fourth-order valence-electron chi connectivity index (χ4n) is 1.89. The van der Waals surface area contributed by atoms with Crippen LogP contribution in [0.15, 0.2) is 16.7 Å². The molecule has 0 N–H and O–H groups in total. The first-order valence-corrected chi connectivity index (χ1v) is 5.88. The number of hydrogen-bond donors (Lipinski definition) is 0. The van der Waals surface area contributed by atoms with Crippen molar-refractivity contribution < 1.29 is 4.79 Å². The van der Waals surface area contributed by atoms with Crippen molar-refractivity contribution in [3.63, 3.8) is 0 Å². The lowest BCUT2D eigenvalue weighted by Gasteiger charge is -2.24. The van der Waals surface area contributed by atoms with Crippen LogP contribution in [0.4, 0.5) is 0 Å². The Morgan fingerprint density at radius 1 is 1.62 bits per heavy atom. The summed E-state index contributed by atoms with van der Waals surface area (Å²) >= 11 is 3.34. The van der Waals surface area contributed by atoms with Crippen LogP contribution in [0.2, 0.25) is 0 Å². The van der Waals surface area contributed by atoms with Gasteiger partial charge >= 0.3 is 0 Å². The molecule has 0 aliphatic heterocycles. The van der Waals surface area contributed by atoms with E-state index in [4.69, 9.17) is 5.26 Å². The highest BCUT2D eigenvalue weighted by Gasteiger charge is 2.21. The van der Waals surface area contributed by atoms with Gasteiger partial charge in [-0.05, 0) is 34.3 Å². The Morgan fingerprint density at radius 2 is 2.25 bits per heavy atom. The van der Waals surface area contributed by atoms with E-state index in [1.807, 2.05) is 24.6 Å². The lowest BCUT2D eigenvalue weighted by Crippen LogP contribution is -2.22. The van der Waals surface area contributed by atoms with Gasteiger partial charge in [0, 0.05) is 23.6 Å². The molecule has 0 unspecified atom stereocenters. The minimum absolute atomic E-state index is 0.129. The van der Waals surface area contributed by atoms with Crippen LogP contribution in [-0.4, -0.2) is 10.4 Å². The first-order chi connectivity index (χ1) is 7.34. The maximum absolute atomic E-state index is 11.1. The van der Waals surface area contributed by atoms with Crippen LogP contribution in [0.25, 0.3) is 0 Å². The van der Waals surface area contributed by atoms with E-state index in [0.717, 1.165) is 4.47 Å². The highest BCUT2D eigenvalue weighted by atomic mass is 79.9. The van der Waals surface area contributed by atoms with Crippen molar-refractivity contribution in [3.8, 4) is 6.07 Å². The maximum Gasteiger partial charge on any atom is 0.130 e. The minimum Gasteiger partial charge on any atom is -0.338 e. The first kappa shape index (κ1) is 13.0. The number of aromatic nitrogens is 1. The zero-order chi connectivity index (χ0) is 12.3. The van der Waals surface area contributed by atoms with Gasteiger partial charge in [-0.3, -0.25) is 0 Å². The van der Waals surface area contributed by atoms with E-state index in [2.05, 4.69) is 22.0 Å². The lowest BCUT2D eigenvalue weighted by atomic mass is 9.87. The molecule has 86 valence electrons. The fourth-order valence-corrected chi connectivity index (χ4v) is 2.35. The van der Waals surface area contributed by atoms with Gasteiger partial charge in [0.1, 0.15) is 17.5 Å². The third-order valence-electron chi connectivity index (χ3n) is 2.30. The van der Waals surface area contributed by atoms with Crippen molar-refractivity contribution in [1.82, 2.24) is 4.57 Å². The zero-order valence-electron chi connectivity index (χ0n) is 9.75. The normalized spacial score (nSPS) is 11.2. The second-order valence-electron chi connectivity index (χ2n) is 4.83. The largest absolute Gasteiger partial charge is 0.338 e. The Balaban J connectivity index is 2.87. The third kappa shape index (κ3) is 3.49. The van der Waals surface area contributed by atoms with Gasteiger partial charge in [0.05, 0.1) is 0 Å². The number of hydrogen-bond acceptors (Lipinski definition) is 2. The summed E-state index contributed by atoms with van der Waals surface area (Å²) < 4.78 is 2.77. The molecule has 0 amide bonds. The number of nitrogens with zero attached hydrogens (tertiary/aromatic N) is 2. The number of carbonyl (C=O) groups excluding carboxylic acids is 1. The Hall–Kier alpha value is -1.08. The number of carbonyl (C=O) groups is 1. The smallest absolute Gasteiger partial charge is 0.130 e. The monoisotopic (exact) mass is 282 g/mol. The van der Waals surface area contributed by atoms with Crippen LogP contribution in [-0.2, 0) is 11.3 Å². The van der Waals surface area contributed by atoms with Crippen LogP contribution >= 0.6 is 15.9 Å². The highest BCUT2D eigenvalue weighted by Crippen LogP contribution is 2.25. The van der Waals surface area contributed by atoms with Crippen LogP contribution in [0, 0.1) is 16.7 Å². The van der Waals surface area contributed by atoms with E-state index in [-0.39, 0.29) is 11.2 Å². The van der Waals surface area contributed by atoms with E-state index in [0.29, 0.717) is 18.7 Å². The second-order valence-corrected chi connectivity index (χ2v) is 5.74. The predicted octanol–water partition coefficient (Wildman–Crippen LogP) is 3.13. The molecule has 1 heterocycles. The molecule has 16 heavy (non-hydrogen) atoms. The third-order valence-corrected chi connectivity index (χ3v) is 2.74. The summed E-state index contributed by atoms with van der Waals surface area (Å²) in [6, 6.07) is 3.92. The second kappa shape index (κ2) is 4.84. The molecule has 0 atom stereocenters. The zero-order valence-corrected chi connectivity index (χ0v) is 11.3. The molecule has 1 rings (SSSR count). The lowest BCUT2D eigenvalue weighted by molar-refractivity contribution is -0.119. The van der Waals surface area contributed by atoms with E-state index in [1.54, 1.807) is 13.0 Å². The number of Topliss-reactive ketones (excluding diaryl/α,β-unsaturated/α-hetero) is 1. The molecule has 0 saturated carbocycles. The van der Waals surface area contributed by atoms with Crippen molar-refractivity contribution in [2.75, 3.05) is 0 Å². The molecule has 0 saturated heterocycles. The first-order valence-electron chi connectivity index (χ1n) is 5.09. The van der Waals surface area contributed by atoms with Crippen LogP contribution in [0.5, 0.6) is 0 Å². The summed E-state index contributed by atoms with van der Waals surface area (Å²) in [7, 11) is 0. The Kier molecular flexibility index (Phi) is 3.93. The van der Waals surface area contributed by atoms with E-state index in [1.165, 1.54) is 0 Å². The molecule has 3 nitrogen and oxygen atoms in total. The summed E-state index contributed by atoms with van der Waals surface area (Å²) in [6.07, 6.45) is 2.40. The number of nitriles is 1. The molecule has 0 fully saturated rings. The van der Waals surface area contributed by atoms with E-state index in [9.17, 15) is 4.79 Å². The minimum atomic E-state index is -0.129. The molecule has 1 aromatic heterocycles. The Bertz CT molecular complexity index is 440. The van der Waals surface area contributed by atoms with Crippen LogP contribution in [0.1, 0.15) is 32.9 Å². The van der Waals surface area contributed by atoms with Gasteiger partial charge in [-0.1, -0.05) is 13.8 Å². The van der Waals surface area contributed by atoms with E-state index >= 15 is 0 Å². The molecule has 0 spiro atoms. The van der Waals surface area contributed by atoms with Crippen molar-refractivity contribution in [2.24, 2.45) is 5.41 Å². The quantitative estimate of drug-likeness (QED) is 0.852. The predicted molar refractivity (Wildman–Crippen MR) is 65.9 cm³/mol. The molecule has 0 aromatic carbocycles. The highest BCUT2D eigenvalue weighted by molar-refractivity contribution is 9.10. The molecule has 0 aliphatic rings. The van der Waals surface area contributed by atoms with Crippen molar-refractivity contribution >= 4 is 21.7 Å². The van der Waals surface area contributed by atoms with Gasteiger partial charge in [0.25, 0.3) is 0 Å². The van der Waals surface area contributed by atoms with Gasteiger partial charge < -0.3 is 9.36 Å². The summed E-state index contributed by atoms with van der Waals surface area (Å²) in [5.41, 5.74) is 0.485. The summed E-state index contributed by atoms with van der Waals surface area (Å²) in [6.45, 7) is 6.33. The standard InChI is InChI=1S/C12H15BrN2O/c1-9(16)5-12(2,3)8-15-7-10(13)4-11(15)6-14/h4,7H,5,8H2,1-3H3. The van der Waals surface area contributed by atoms with Gasteiger partial charge in [-0.25, -0.2) is 0 Å². The van der Waals surface area contributed by atoms with Crippen molar-refractivity contribution in [3.05, 3.63) is 22.4 Å². The fraction of sp³-hybridized carbons (Fsp3) is 0.500. The van der Waals surface area contributed by atoms with Crippen LogP contribution < -0.4 is 0 Å². The van der Waals surface area contributed by atoms with Gasteiger partial charge in [0.15, 0.2) is 0 Å². The molecule has 4 heteroatoms. The maximum atomic E-state index is 11.1. The Labute approximate surface area is 104 Å².